The third-order valence-corrected chi connectivity index (χ3v) is 4.76. The Morgan fingerprint density at radius 1 is 1.30 bits per heavy atom. The molecule has 0 saturated heterocycles. The molecule has 1 aliphatic rings. The Balaban J connectivity index is 1.75. The van der Waals surface area contributed by atoms with Crippen LogP contribution in [0.2, 0.25) is 0 Å². The Bertz CT molecular complexity index is 662. The molecule has 27 heavy (non-hydrogen) atoms. The number of likely N-dealkylation sites (N-methyl/N-ethyl adjacent to an activating group) is 1. The van der Waals surface area contributed by atoms with E-state index in [1.807, 2.05) is 30.8 Å². The van der Waals surface area contributed by atoms with Crippen LogP contribution >= 0.6 is 0 Å². The average Bonchev–Trinajstić information content (AvgIpc) is 2.56. The number of urea groups is 1. The summed E-state index contributed by atoms with van der Waals surface area (Å²) in [7, 11) is 3.75. The monoisotopic (exact) mass is 380 g/mol. The predicted octanol–water partition coefficient (Wildman–Crippen LogP) is 1.62. The number of nitrogens with zero attached hydrogens (tertiary/aromatic N) is 2. The zero-order valence-electron chi connectivity index (χ0n) is 16.2. The van der Waals surface area contributed by atoms with Gasteiger partial charge in [0.15, 0.2) is 0 Å². The van der Waals surface area contributed by atoms with Gasteiger partial charge in [-0.3, -0.25) is 9.69 Å². The molecular formula is C19H29FN4O3. The van der Waals surface area contributed by atoms with Gasteiger partial charge in [-0.2, -0.15) is 0 Å². The van der Waals surface area contributed by atoms with Crippen molar-refractivity contribution in [2.24, 2.45) is 0 Å². The molecule has 1 fully saturated rings. The second kappa shape index (κ2) is 9.66. The highest BCUT2D eigenvalue weighted by atomic mass is 19.1. The molecule has 1 aliphatic carbocycles. The van der Waals surface area contributed by atoms with E-state index in [4.69, 9.17) is 5.11 Å². The van der Waals surface area contributed by atoms with Gasteiger partial charge in [0, 0.05) is 30.7 Å². The molecule has 1 aromatic carbocycles. The van der Waals surface area contributed by atoms with E-state index >= 15 is 0 Å². The van der Waals surface area contributed by atoms with Gasteiger partial charge in [0.25, 0.3) is 0 Å². The molecule has 0 atom stereocenters. The normalized spacial score (nSPS) is 19.0. The van der Waals surface area contributed by atoms with Crippen molar-refractivity contribution < 1.29 is 19.1 Å². The maximum absolute atomic E-state index is 13.8. The van der Waals surface area contributed by atoms with Crippen molar-refractivity contribution in [2.45, 2.75) is 44.9 Å². The predicted molar refractivity (Wildman–Crippen MR) is 101 cm³/mol. The summed E-state index contributed by atoms with van der Waals surface area (Å²) in [5.74, 6) is -1.09. The van der Waals surface area contributed by atoms with Crippen LogP contribution in [0.3, 0.4) is 0 Å². The van der Waals surface area contributed by atoms with Crippen molar-refractivity contribution in [1.29, 1.82) is 0 Å². The number of rotatable bonds is 9. The van der Waals surface area contributed by atoms with E-state index in [9.17, 15) is 14.0 Å². The lowest BCUT2D eigenvalue weighted by molar-refractivity contribution is -0.139. The van der Waals surface area contributed by atoms with Gasteiger partial charge in [0.1, 0.15) is 5.82 Å². The van der Waals surface area contributed by atoms with Gasteiger partial charge < -0.3 is 20.6 Å². The van der Waals surface area contributed by atoms with Crippen LogP contribution in [-0.4, -0.2) is 66.2 Å². The topological polar surface area (TPSA) is 84.9 Å². The minimum atomic E-state index is -0.834. The fourth-order valence-electron chi connectivity index (χ4n) is 3.30. The van der Waals surface area contributed by atoms with E-state index in [0.717, 1.165) is 18.4 Å². The summed E-state index contributed by atoms with van der Waals surface area (Å²) in [5.41, 5.74) is 1.44. The molecule has 0 aromatic heterocycles. The summed E-state index contributed by atoms with van der Waals surface area (Å²) in [4.78, 5) is 26.7. The van der Waals surface area contributed by atoms with Crippen LogP contribution in [0, 0.1) is 5.82 Å². The minimum Gasteiger partial charge on any atom is -0.480 e. The van der Waals surface area contributed by atoms with E-state index in [1.165, 1.54) is 6.07 Å². The summed E-state index contributed by atoms with van der Waals surface area (Å²) in [6.07, 6.45) is 1.50. The van der Waals surface area contributed by atoms with Crippen molar-refractivity contribution in [1.82, 2.24) is 20.4 Å². The van der Waals surface area contributed by atoms with E-state index in [-0.39, 0.29) is 30.5 Å². The fourth-order valence-corrected chi connectivity index (χ4v) is 3.30. The summed E-state index contributed by atoms with van der Waals surface area (Å²) in [5, 5.41) is 14.6. The van der Waals surface area contributed by atoms with Gasteiger partial charge in [-0.05, 0) is 51.2 Å². The number of benzene rings is 1. The number of hydrogen-bond donors (Lipinski definition) is 3. The lowest BCUT2D eigenvalue weighted by atomic mass is 9.85. The molecule has 150 valence electrons. The Hall–Kier alpha value is -2.19. The number of aliphatic carboxylic acids is 1. The highest BCUT2D eigenvalue weighted by Crippen LogP contribution is 2.25. The third kappa shape index (κ3) is 6.48. The minimum absolute atomic E-state index is 0.0277. The number of halogens is 1. The molecule has 3 N–H and O–H groups in total. The van der Waals surface area contributed by atoms with Crippen molar-refractivity contribution in [3.8, 4) is 0 Å². The van der Waals surface area contributed by atoms with Crippen molar-refractivity contribution in [3.63, 3.8) is 0 Å². The zero-order valence-corrected chi connectivity index (χ0v) is 16.2. The number of nitrogens with one attached hydrogen (secondary N) is 2. The van der Waals surface area contributed by atoms with Gasteiger partial charge in [-0.1, -0.05) is 13.0 Å². The van der Waals surface area contributed by atoms with E-state index in [2.05, 4.69) is 10.6 Å². The van der Waals surface area contributed by atoms with Crippen LogP contribution < -0.4 is 10.6 Å². The summed E-state index contributed by atoms with van der Waals surface area (Å²) in [6.45, 7) is 3.46. The number of hydrogen-bond acceptors (Lipinski definition) is 4. The maximum Gasteiger partial charge on any atom is 0.317 e. The first-order valence-electron chi connectivity index (χ1n) is 9.20. The molecule has 0 aliphatic heterocycles. The van der Waals surface area contributed by atoms with Gasteiger partial charge in [0.2, 0.25) is 0 Å². The van der Waals surface area contributed by atoms with Crippen LogP contribution in [0.5, 0.6) is 0 Å². The first-order chi connectivity index (χ1) is 12.8. The number of carboxylic acids is 1. The first-order valence-corrected chi connectivity index (χ1v) is 9.20. The largest absolute Gasteiger partial charge is 0.480 e. The molecule has 7 nitrogen and oxygen atoms in total. The number of carbonyl (C=O) groups excluding carboxylic acids is 1. The van der Waals surface area contributed by atoms with Crippen LogP contribution in [0.4, 0.5) is 9.18 Å². The van der Waals surface area contributed by atoms with Crippen LogP contribution in [0.25, 0.3) is 0 Å². The second-order valence-corrected chi connectivity index (χ2v) is 7.27. The average molecular weight is 380 g/mol. The Labute approximate surface area is 159 Å². The molecule has 0 spiro atoms. The molecule has 8 heteroatoms. The standard InChI is InChI=1S/C19H29FN4O3/c1-4-24(12-18(25)26)16-8-15(9-16)22-19(27)21-10-13-5-6-17(20)14(7-13)11-23(2)3/h5-7,15-16H,4,8-12H2,1-3H3,(H,25,26)(H2,21,22,27). The quantitative estimate of drug-likeness (QED) is 0.606. The van der Waals surface area contributed by atoms with Crippen LogP contribution in [0.15, 0.2) is 18.2 Å². The molecule has 0 radical (unpaired) electrons. The molecule has 0 heterocycles. The molecule has 0 bridgehead atoms. The maximum atomic E-state index is 13.8. The smallest absolute Gasteiger partial charge is 0.317 e. The Morgan fingerprint density at radius 3 is 2.59 bits per heavy atom. The summed E-state index contributed by atoms with van der Waals surface area (Å²) >= 11 is 0. The molecule has 2 rings (SSSR count). The highest BCUT2D eigenvalue weighted by molar-refractivity contribution is 5.74. The van der Waals surface area contributed by atoms with Gasteiger partial charge in [0.05, 0.1) is 6.54 Å². The third-order valence-electron chi connectivity index (χ3n) is 4.76. The first kappa shape index (κ1) is 21.1. The number of amides is 2. The van der Waals surface area contributed by atoms with E-state index < -0.39 is 5.97 Å². The van der Waals surface area contributed by atoms with Gasteiger partial charge in [-0.15, -0.1) is 0 Å². The molecule has 2 amide bonds. The van der Waals surface area contributed by atoms with Crippen molar-refractivity contribution in [2.75, 3.05) is 27.2 Å². The van der Waals surface area contributed by atoms with Gasteiger partial charge in [-0.25, -0.2) is 9.18 Å². The lowest BCUT2D eigenvalue weighted by Crippen LogP contribution is -2.56. The molecule has 1 aromatic rings. The Morgan fingerprint density at radius 2 is 2.00 bits per heavy atom. The highest BCUT2D eigenvalue weighted by Gasteiger charge is 2.34. The summed E-state index contributed by atoms with van der Waals surface area (Å²) in [6, 6.07) is 4.83. The van der Waals surface area contributed by atoms with Crippen molar-refractivity contribution in [3.05, 3.63) is 35.1 Å². The van der Waals surface area contributed by atoms with Crippen LogP contribution in [0.1, 0.15) is 30.9 Å². The summed E-state index contributed by atoms with van der Waals surface area (Å²) < 4.78 is 13.8. The number of carboxylic acid groups (broad SMARTS) is 1. The zero-order chi connectivity index (χ0) is 20.0. The van der Waals surface area contributed by atoms with Crippen molar-refractivity contribution >= 4 is 12.0 Å². The van der Waals surface area contributed by atoms with Gasteiger partial charge >= 0.3 is 12.0 Å². The SMILES string of the molecule is CCN(CC(=O)O)C1CC(NC(=O)NCc2ccc(F)c(CN(C)C)c2)C1. The fraction of sp³-hybridized carbons (Fsp3) is 0.579. The second-order valence-electron chi connectivity index (χ2n) is 7.27. The molecule has 0 unspecified atom stereocenters. The van der Waals surface area contributed by atoms with Crippen LogP contribution in [-0.2, 0) is 17.9 Å². The lowest BCUT2D eigenvalue weighted by Gasteiger charge is -2.42. The Kier molecular flexibility index (Phi) is 7.55. The van der Waals surface area contributed by atoms with E-state index in [1.54, 1.807) is 12.1 Å². The van der Waals surface area contributed by atoms with E-state index in [0.29, 0.717) is 25.2 Å². The molecular weight excluding hydrogens is 351 g/mol. The number of carbonyl (C=O) groups is 2. The molecule has 1 saturated carbocycles.